The van der Waals surface area contributed by atoms with E-state index >= 15 is 0 Å². The maximum atomic E-state index is 4.73. The minimum atomic E-state index is 0. The largest absolute Gasteiger partial charge is 0.357 e. The summed E-state index contributed by atoms with van der Waals surface area (Å²) in [6.45, 7) is 7.60. The third-order valence-electron chi connectivity index (χ3n) is 3.80. The molecule has 0 bridgehead atoms. The van der Waals surface area contributed by atoms with Crippen LogP contribution in [0.1, 0.15) is 30.9 Å². The topological polar surface area (TPSA) is 67.1 Å². The number of nitrogens with one attached hydrogen (secondary N) is 2. The van der Waals surface area contributed by atoms with Gasteiger partial charge in [-0.05, 0) is 50.1 Å². The first-order chi connectivity index (χ1) is 12.2. The number of thioether (sulfide) groups is 1. The molecule has 0 amide bonds. The number of benzene rings is 1. The highest BCUT2D eigenvalue weighted by Crippen LogP contribution is 2.22. The van der Waals surface area contributed by atoms with Crippen molar-refractivity contribution in [1.29, 1.82) is 0 Å². The Balaban J connectivity index is 0.00000338. The average molecular weight is 488 g/mol. The molecule has 2 aromatic rings. The summed E-state index contributed by atoms with van der Waals surface area (Å²) in [6, 6.07) is 6.55. The van der Waals surface area contributed by atoms with Crippen LogP contribution >= 0.6 is 35.7 Å². The molecule has 8 heteroatoms. The highest BCUT2D eigenvalue weighted by atomic mass is 127. The molecule has 2 N–H and O–H groups in total. The lowest BCUT2D eigenvalue weighted by Gasteiger charge is -2.12. The first kappa shape index (κ1) is 22.8. The van der Waals surface area contributed by atoms with E-state index in [1.54, 1.807) is 24.4 Å². The molecule has 0 atom stereocenters. The van der Waals surface area contributed by atoms with Gasteiger partial charge in [0.25, 0.3) is 0 Å². The number of aliphatic imine (C=N–C) groups is 1. The molecular formula is C18H29IN6S. The van der Waals surface area contributed by atoms with Crippen LogP contribution in [0.15, 0.2) is 40.7 Å². The zero-order valence-electron chi connectivity index (χ0n) is 15.7. The monoisotopic (exact) mass is 488 g/mol. The van der Waals surface area contributed by atoms with E-state index in [4.69, 9.17) is 4.99 Å². The number of guanidine groups is 1. The summed E-state index contributed by atoms with van der Waals surface area (Å²) >= 11 is 1.78. The Labute approximate surface area is 177 Å². The first-order valence-corrected chi connectivity index (χ1v) is 9.93. The molecule has 0 radical (unpaired) electrons. The van der Waals surface area contributed by atoms with E-state index in [2.05, 4.69) is 59.1 Å². The summed E-state index contributed by atoms with van der Waals surface area (Å²) in [4.78, 5) is 6.02. The van der Waals surface area contributed by atoms with Crippen LogP contribution in [0.2, 0.25) is 0 Å². The zero-order chi connectivity index (χ0) is 17.9. The standard InChI is InChI=1S/C18H28N6S.HI/c1-4-19-18(20-9-5-6-10-24-13-22-23-14-24)21-12-16-8-7-15(2)11-17(16)25-3;/h7-8,11,13-14H,4-6,9-10,12H2,1-3H3,(H2,19,20,21);1H. The molecule has 26 heavy (non-hydrogen) atoms. The number of nitrogens with zero attached hydrogens (tertiary/aromatic N) is 4. The van der Waals surface area contributed by atoms with Crippen molar-refractivity contribution in [1.82, 2.24) is 25.4 Å². The lowest BCUT2D eigenvalue weighted by atomic mass is 10.1. The number of aromatic nitrogens is 3. The van der Waals surface area contributed by atoms with Gasteiger partial charge in [-0.15, -0.1) is 45.9 Å². The van der Waals surface area contributed by atoms with Crippen LogP contribution in [0, 0.1) is 6.92 Å². The number of aryl methyl sites for hydroxylation is 2. The van der Waals surface area contributed by atoms with Crippen LogP contribution in [0.4, 0.5) is 0 Å². The molecular weight excluding hydrogens is 459 g/mol. The Kier molecular flexibility index (Phi) is 11.3. The summed E-state index contributed by atoms with van der Waals surface area (Å²) in [5, 5.41) is 14.4. The van der Waals surface area contributed by atoms with E-state index in [1.165, 1.54) is 16.0 Å². The molecule has 0 aliphatic rings. The lowest BCUT2D eigenvalue weighted by molar-refractivity contribution is 0.597. The summed E-state index contributed by atoms with van der Waals surface area (Å²) in [5.74, 6) is 0.874. The SMILES string of the molecule is CCNC(=NCc1ccc(C)cc1SC)NCCCCn1cnnc1.I. The van der Waals surface area contributed by atoms with Crippen molar-refractivity contribution in [2.45, 2.75) is 44.7 Å². The second kappa shape index (κ2) is 13.0. The number of unbranched alkanes of at least 4 members (excludes halogenated alkanes) is 1. The molecule has 0 saturated carbocycles. The predicted octanol–water partition coefficient (Wildman–Crippen LogP) is 3.46. The highest BCUT2D eigenvalue weighted by molar-refractivity contribution is 14.0. The van der Waals surface area contributed by atoms with Crippen molar-refractivity contribution in [3.8, 4) is 0 Å². The third kappa shape index (κ3) is 7.94. The fraction of sp³-hybridized carbons (Fsp3) is 0.500. The van der Waals surface area contributed by atoms with Crippen LogP contribution < -0.4 is 10.6 Å². The molecule has 1 aromatic heterocycles. The fourth-order valence-electron chi connectivity index (χ4n) is 2.45. The minimum Gasteiger partial charge on any atom is -0.357 e. The molecule has 0 spiro atoms. The number of hydrogen-bond donors (Lipinski definition) is 2. The second-order valence-electron chi connectivity index (χ2n) is 5.84. The maximum Gasteiger partial charge on any atom is 0.191 e. The molecule has 0 aliphatic carbocycles. The van der Waals surface area contributed by atoms with E-state index in [1.807, 2.05) is 4.57 Å². The molecule has 0 fully saturated rings. The van der Waals surface area contributed by atoms with Gasteiger partial charge in [0.15, 0.2) is 5.96 Å². The molecule has 0 aliphatic heterocycles. The molecule has 144 valence electrons. The minimum absolute atomic E-state index is 0. The van der Waals surface area contributed by atoms with Crippen molar-refractivity contribution in [2.24, 2.45) is 4.99 Å². The fourth-order valence-corrected chi connectivity index (χ4v) is 3.15. The predicted molar refractivity (Wildman–Crippen MR) is 120 cm³/mol. The number of rotatable bonds is 9. The Morgan fingerprint density at radius 3 is 2.65 bits per heavy atom. The van der Waals surface area contributed by atoms with E-state index in [0.29, 0.717) is 6.54 Å². The second-order valence-corrected chi connectivity index (χ2v) is 6.69. The van der Waals surface area contributed by atoms with Crippen molar-refractivity contribution >= 4 is 41.7 Å². The van der Waals surface area contributed by atoms with Crippen LogP contribution in [0.25, 0.3) is 0 Å². The van der Waals surface area contributed by atoms with E-state index in [-0.39, 0.29) is 24.0 Å². The quantitative estimate of drug-likeness (QED) is 0.186. The number of halogens is 1. The van der Waals surface area contributed by atoms with Gasteiger partial charge < -0.3 is 15.2 Å². The molecule has 2 rings (SSSR count). The Morgan fingerprint density at radius 2 is 1.96 bits per heavy atom. The van der Waals surface area contributed by atoms with Crippen LogP contribution in [-0.4, -0.2) is 40.1 Å². The van der Waals surface area contributed by atoms with Gasteiger partial charge in [0.2, 0.25) is 0 Å². The lowest BCUT2D eigenvalue weighted by Crippen LogP contribution is -2.37. The first-order valence-electron chi connectivity index (χ1n) is 8.71. The van der Waals surface area contributed by atoms with Gasteiger partial charge in [-0.3, -0.25) is 0 Å². The van der Waals surface area contributed by atoms with Crippen LogP contribution in [-0.2, 0) is 13.1 Å². The molecule has 0 saturated heterocycles. The normalized spacial score (nSPS) is 11.1. The van der Waals surface area contributed by atoms with E-state index in [9.17, 15) is 0 Å². The van der Waals surface area contributed by atoms with Crippen LogP contribution in [0.5, 0.6) is 0 Å². The van der Waals surface area contributed by atoms with Crippen molar-refractivity contribution < 1.29 is 0 Å². The van der Waals surface area contributed by atoms with Crippen molar-refractivity contribution in [2.75, 3.05) is 19.3 Å². The van der Waals surface area contributed by atoms with Gasteiger partial charge >= 0.3 is 0 Å². The van der Waals surface area contributed by atoms with Gasteiger partial charge in [0.05, 0.1) is 6.54 Å². The summed E-state index contributed by atoms with van der Waals surface area (Å²) < 4.78 is 2.00. The van der Waals surface area contributed by atoms with Gasteiger partial charge in [0, 0.05) is 24.5 Å². The smallest absolute Gasteiger partial charge is 0.191 e. The Morgan fingerprint density at radius 1 is 1.19 bits per heavy atom. The van der Waals surface area contributed by atoms with Gasteiger partial charge in [-0.1, -0.05) is 12.1 Å². The maximum absolute atomic E-state index is 4.73. The summed E-state index contributed by atoms with van der Waals surface area (Å²) in [7, 11) is 0. The van der Waals surface area contributed by atoms with E-state index in [0.717, 1.165) is 38.4 Å². The Hall–Kier alpha value is -1.29. The van der Waals surface area contributed by atoms with Gasteiger partial charge in [0.1, 0.15) is 12.7 Å². The summed E-state index contributed by atoms with van der Waals surface area (Å²) in [6.07, 6.45) is 7.77. The van der Waals surface area contributed by atoms with Crippen molar-refractivity contribution in [3.63, 3.8) is 0 Å². The van der Waals surface area contributed by atoms with Gasteiger partial charge in [-0.25, -0.2) is 4.99 Å². The van der Waals surface area contributed by atoms with Gasteiger partial charge in [-0.2, -0.15) is 0 Å². The molecule has 1 heterocycles. The molecule has 1 aromatic carbocycles. The van der Waals surface area contributed by atoms with Crippen molar-refractivity contribution in [3.05, 3.63) is 42.0 Å². The Bertz CT molecular complexity index is 660. The molecule has 0 unspecified atom stereocenters. The highest BCUT2D eigenvalue weighted by Gasteiger charge is 2.03. The average Bonchev–Trinajstić information content (AvgIpc) is 3.13. The molecule has 6 nitrogen and oxygen atoms in total. The number of hydrogen-bond acceptors (Lipinski definition) is 4. The van der Waals surface area contributed by atoms with E-state index < -0.39 is 0 Å². The summed E-state index contributed by atoms with van der Waals surface area (Å²) in [5.41, 5.74) is 2.55. The van der Waals surface area contributed by atoms with Crippen LogP contribution in [0.3, 0.4) is 0 Å². The zero-order valence-corrected chi connectivity index (χ0v) is 18.9. The third-order valence-corrected chi connectivity index (χ3v) is 4.62.